The Labute approximate surface area is 212 Å². The van der Waals surface area contributed by atoms with E-state index in [1.807, 2.05) is 89.6 Å². The smallest absolute Gasteiger partial charge is 0.274 e. The Bertz CT molecular complexity index is 1700. The zero-order valence-corrected chi connectivity index (χ0v) is 19.6. The van der Waals surface area contributed by atoms with Gasteiger partial charge in [-0.3, -0.25) is 9.78 Å². The Morgan fingerprint density at radius 3 is 2.46 bits per heavy atom. The number of pyridine rings is 2. The van der Waals surface area contributed by atoms with Crippen LogP contribution < -0.4 is 10.6 Å². The predicted molar refractivity (Wildman–Crippen MR) is 144 cm³/mol. The van der Waals surface area contributed by atoms with Gasteiger partial charge < -0.3 is 10.6 Å². The maximum atomic E-state index is 12.7. The van der Waals surface area contributed by atoms with E-state index in [9.17, 15) is 4.79 Å². The molecule has 2 N–H and O–H groups in total. The van der Waals surface area contributed by atoms with Gasteiger partial charge in [0.15, 0.2) is 0 Å². The van der Waals surface area contributed by atoms with Crippen LogP contribution in [0.4, 0.5) is 17.3 Å². The lowest BCUT2D eigenvalue weighted by molar-refractivity contribution is 0.102. The largest absolute Gasteiger partial charge is 0.324 e. The average molecular weight is 484 g/mol. The summed E-state index contributed by atoms with van der Waals surface area (Å²) in [7, 11) is 0. The summed E-state index contributed by atoms with van der Waals surface area (Å²) in [5.41, 5.74) is 5.98. The molecule has 0 unspecified atom stereocenters. The molecule has 4 aromatic heterocycles. The van der Waals surface area contributed by atoms with E-state index in [1.54, 1.807) is 30.6 Å². The molecule has 0 spiro atoms. The zero-order valence-electron chi connectivity index (χ0n) is 19.6. The molecule has 0 aliphatic heterocycles. The highest BCUT2D eigenvalue weighted by Crippen LogP contribution is 2.35. The van der Waals surface area contributed by atoms with E-state index >= 15 is 0 Å². The summed E-state index contributed by atoms with van der Waals surface area (Å²) in [6, 6.07) is 30.4. The first-order valence-corrected chi connectivity index (χ1v) is 11.7. The highest BCUT2D eigenvalue weighted by Gasteiger charge is 2.19. The quantitative estimate of drug-likeness (QED) is 0.308. The number of carbonyl (C=O) groups is 1. The standard InChI is InChI=1S/C29H21N7O/c37-28(24-13-4-6-16-30-24)32-22-12-8-9-20(19-22)27-26(25-14-5-7-18-36(25)35-27)23-15-17-31-29(34-23)33-21-10-2-1-3-11-21/h1-19H,(H,32,37)(H,31,33,34). The van der Waals surface area contributed by atoms with Gasteiger partial charge in [0.05, 0.1) is 16.8 Å². The molecule has 0 bridgehead atoms. The van der Waals surface area contributed by atoms with Crippen LogP contribution in [0, 0.1) is 0 Å². The third-order valence-corrected chi connectivity index (χ3v) is 5.77. The minimum Gasteiger partial charge on any atom is -0.324 e. The first-order chi connectivity index (χ1) is 18.2. The summed E-state index contributed by atoms with van der Waals surface area (Å²) in [6.07, 6.45) is 5.23. The molecule has 4 heterocycles. The predicted octanol–water partition coefficient (Wildman–Crippen LogP) is 5.85. The molecule has 0 saturated heterocycles. The third kappa shape index (κ3) is 4.63. The fourth-order valence-electron chi connectivity index (χ4n) is 4.10. The summed E-state index contributed by atoms with van der Waals surface area (Å²) < 4.78 is 1.83. The Balaban J connectivity index is 1.40. The number of fused-ring (bicyclic) bond motifs is 1. The van der Waals surface area contributed by atoms with Crippen molar-refractivity contribution in [1.29, 1.82) is 0 Å². The van der Waals surface area contributed by atoms with E-state index < -0.39 is 0 Å². The number of para-hydroxylation sites is 1. The Morgan fingerprint density at radius 1 is 0.757 bits per heavy atom. The number of anilines is 3. The van der Waals surface area contributed by atoms with Crippen molar-refractivity contribution in [2.45, 2.75) is 0 Å². The van der Waals surface area contributed by atoms with Gasteiger partial charge in [-0.15, -0.1) is 0 Å². The second-order valence-corrected chi connectivity index (χ2v) is 8.26. The molecule has 0 aliphatic rings. The molecular formula is C29H21N7O. The van der Waals surface area contributed by atoms with Gasteiger partial charge in [0, 0.05) is 35.5 Å². The summed E-state index contributed by atoms with van der Waals surface area (Å²) >= 11 is 0. The van der Waals surface area contributed by atoms with Gasteiger partial charge >= 0.3 is 0 Å². The lowest BCUT2D eigenvalue weighted by Crippen LogP contribution is -2.13. The molecular weight excluding hydrogens is 462 g/mol. The number of benzene rings is 2. The summed E-state index contributed by atoms with van der Waals surface area (Å²) in [5, 5.41) is 11.0. The molecule has 6 aromatic rings. The lowest BCUT2D eigenvalue weighted by atomic mass is 10.0. The molecule has 178 valence electrons. The highest BCUT2D eigenvalue weighted by atomic mass is 16.1. The number of rotatable bonds is 6. The van der Waals surface area contributed by atoms with E-state index in [1.165, 1.54) is 0 Å². The van der Waals surface area contributed by atoms with Crippen molar-refractivity contribution in [2.75, 3.05) is 10.6 Å². The Hall–Kier alpha value is -5.37. The number of nitrogens with zero attached hydrogens (tertiary/aromatic N) is 5. The van der Waals surface area contributed by atoms with Gasteiger partial charge in [0.25, 0.3) is 5.91 Å². The zero-order chi connectivity index (χ0) is 25.0. The molecule has 8 nitrogen and oxygen atoms in total. The molecule has 0 saturated carbocycles. The van der Waals surface area contributed by atoms with Crippen LogP contribution in [0.1, 0.15) is 10.5 Å². The minimum atomic E-state index is -0.277. The topological polar surface area (TPSA) is 97.1 Å². The van der Waals surface area contributed by atoms with Crippen molar-refractivity contribution in [3.05, 3.63) is 121 Å². The monoisotopic (exact) mass is 483 g/mol. The molecule has 0 radical (unpaired) electrons. The van der Waals surface area contributed by atoms with E-state index in [0.717, 1.165) is 33.7 Å². The molecule has 8 heteroatoms. The van der Waals surface area contributed by atoms with E-state index in [-0.39, 0.29) is 5.91 Å². The van der Waals surface area contributed by atoms with Gasteiger partial charge in [0.2, 0.25) is 5.95 Å². The summed E-state index contributed by atoms with van der Waals surface area (Å²) in [5.74, 6) is 0.210. The summed E-state index contributed by atoms with van der Waals surface area (Å²) in [6.45, 7) is 0. The van der Waals surface area contributed by atoms with Gasteiger partial charge in [-0.2, -0.15) is 5.10 Å². The summed E-state index contributed by atoms with van der Waals surface area (Å²) in [4.78, 5) is 26.0. The van der Waals surface area contributed by atoms with Crippen LogP contribution in [-0.4, -0.2) is 30.5 Å². The molecule has 6 rings (SSSR count). The first kappa shape index (κ1) is 22.1. The van der Waals surface area contributed by atoms with Crippen LogP contribution in [0.15, 0.2) is 116 Å². The minimum absolute atomic E-state index is 0.277. The maximum absolute atomic E-state index is 12.7. The molecule has 2 aromatic carbocycles. The van der Waals surface area contributed by atoms with E-state index in [4.69, 9.17) is 10.1 Å². The van der Waals surface area contributed by atoms with Crippen molar-refractivity contribution >= 4 is 28.7 Å². The van der Waals surface area contributed by atoms with Gasteiger partial charge in [-0.05, 0) is 54.6 Å². The maximum Gasteiger partial charge on any atom is 0.274 e. The van der Waals surface area contributed by atoms with Gasteiger partial charge in [0.1, 0.15) is 11.4 Å². The molecule has 0 aliphatic carbocycles. The highest BCUT2D eigenvalue weighted by molar-refractivity contribution is 6.03. The van der Waals surface area contributed by atoms with Gasteiger partial charge in [-0.1, -0.05) is 42.5 Å². The lowest BCUT2D eigenvalue weighted by Gasteiger charge is -2.09. The Kier molecular flexibility index (Phi) is 5.80. The van der Waals surface area contributed by atoms with Crippen LogP contribution >= 0.6 is 0 Å². The van der Waals surface area contributed by atoms with Gasteiger partial charge in [-0.25, -0.2) is 14.5 Å². The van der Waals surface area contributed by atoms with Crippen molar-refractivity contribution < 1.29 is 4.79 Å². The second kappa shape index (κ2) is 9.71. The van der Waals surface area contributed by atoms with Crippen LogP contribution in [0.3, 0.4) is 0 Å². The molecule has 1 amide bonds. The Morgan fingerprint density at radius 2 is 1.59 bits per heavy atom. The number of amides is 1. The van der Waals surface area contributed by atoms with Crippen LogP contribution in [0.5, 0.6) is 0 Å². The van der Waals surface area contributed by atoms with Crippen molar-refractivity contribution in [3.63, 3.8) is 0 Å². The SMILES string of the molecule is O=C(Nc1cccc(-c2nn3ccccc3c2-c2ccnc(Nc3ccccc3)n2)c1)c1ccccn1. The number of carbonyl (C=O) groups excluding carboxylic acids is 1. The number of nitrogens with one attached hydrogen (secondary N) is 2. The van der Waals surface area contributed by atoms with E-state index in [0.29, 0.717) is 17.3 Å². The molecule has 0 atom stereocenters. The van der Waals surface area contributed by atoms with Crippen molar-refractivity contribution in [1.82, 2.24) is 24.6 Å². The van der Waals surface area contributed by atoms with Crippen LogP contribution in [-0.2, 0) is 0 Å². The average Bonchev–Trinajstić information content (AvgIpc) is 3.34. The molecule has 0 fully saturated rings. The molecule has 37 heavy (non-hydrogen) atoms. The normalized spacial score (nSPS) is 10.8. The fraction of sp³-hybridized carbons (Fsp3) is 0. The number of hydrogen-bond donors (Lipinski definition) is 2. The number of aromatic nitrogens is 5. The number of hydrogen-bond acceptors (Lipinski definition) is 6. The van der Waals surface area contributed by atoms with Crippen LogP contribution in [0.25, 0.3) is 28.0 Å². The van der Waals surface area contributed by atoms with E-state index in [2.05, 4.69) is 20.6 Å². The van der Waals surface area contributed by atoms with Crippen molar-refractivity contribution in [3.8, 4) is 22.5 Å². The second-order valence-electron chi connectivity index (χ2n) is 8.26. The fourth-order valence-corrected chi connectivity index (χ4v) is 4.10. The van der Waals surface area contributed by atoms with Crippen molar-refractivity contribution in [2.24, 2.45) is 0 Å². The third-order valence-electron chi connectivity index (χ3n) is 5.77. The first-order valence-electron chi connectivity index (χ1n) is 11.7. The van der Waals surface area contributed by atoms with Crippen LogP contribution in [0.2, 0.25) is 0 Å².